The van der Waals surface area contributed by atoms with Crippen LogP contribution in [0.2, 0.25) is 10.0 Å². The molecule has 0 amide bonds. The third-order valence-electron chi connectivity index (χ3n) is 4.98. The zero-order valence-corrected chi connectivity index (χ0v) is 17.4. The number of hydrogen-bond acceptors (Lipinski definition) is 7. The lowest BCUT2D eigenvalue weighted by Gasteiger charge is -2.29. The lowest BCUT2D eigenvalue weighted by Crippen LogP contribution is -2.36. The molecule has 3 aromatic rings. The summed E-state index contributed by atoms with van der Waals surface area (Å²) in [7, 11) is 1.84. The number of rotatable bonds is 4. The molecule has 1 saturated heterocycles. The van der Waals surface area contributed by atoms with Crippen LogP contribution in [0.15, 0.2) is 18.3 Å². The van der Waals surface area contributed by atoms with Crippen LogP contribution in [0.3, 0.4) is 0 Å². The van der Waals surface area contributed by atoms with Gasteiger partial charge in [-0.3, -0.25) is 4.57 Å². The van der Waals surface area contributed by atoms with E-state index in [-0.39, 0.29) is 6.04 Å². The summed E-state index contributed by atoms with van der Waals surface area (Å²) in [5.41, 5.74) is 2.18. The zero-order valence-electron chi connectivity index (χ0n) is 15.9. The van der Waals surface area contributed by atoms with Crippen molar-refractivity contribution in [1.82, 2.24) is 19.5 Å². The van der Waals surface area contributed by atoms with Gasteiger partial charge < -0.3 is 15.4 Å². The second kappa shape index (κ2) is 8.03. The number of ether oxygens (including phenoxy) is 1. The molecule has 1 fully saturated rings. The molecule has 2 atom stereocenters. The minimum Gasteiger partial charge on any atom is -0.381 e. The highest BCUT2D eigenvalue weighted by molar-refractivity contribution is 6.39. The predicted octanol–water partition coefficient (Wildman–Crippen LogP) is 4.12. The van der Waals surface area contributed by atoms with Crippen LogP contribution < -0.4 is 10.6 Å². The van der Waals surface area contributed by atoms with Crippen molar-refractivity contribution in [2.75, 3.05) is 23.8 Å². The number of fused-ring (bicyclic) bond motifs is 1. The molecule has 4 rings (SSSR count). The first-order chi connectivity index (χ1) is 14.0. The van der Waals surface area contributed by atoms with Gasteiger partial charge in [0.1, 0.15) is 5.52 Å². The quantitative estimate of drug-likeness (QED) is 0.640. The Bertz CT molecular complexity index is 1080. The molecule has 1 aliphatic rings. The second-order valence-electron chi connectivity index (χ2n) is 7.04. The van der Waals surface area contributed by atoms with Crippen LogP contribution in [0, 0.1) is 17.2 Å². The Morgan fingerprint density at radius 3 is 2.72 bits per heavy atom. The van der Waals surface area contributed by atoms with Gasteiger partial charge in [0, 0.05) is 19.7 Å². The minimum atomic E-state index is 0.267. The normalized spacial score (nSPS) is 19.1. The van der Waals surface area contributed by atoms with Crippen molar-refractivity contribution in [2.24, 2.45) is 13.0 Å². The molecule has 2 N–H and O–H groups in total. The van der Waals surface area contributed by atoms with Gasteiger partial charge in [-0.15, -0.1) is 0 Å². The Kier molecular flexibility index (Phi) is 5.46. The van der Waals surface area contributed by atoms with E-state index in [1.54, 1.807) is 22.9 Å². The van der Waals surface area contributed by atoms with Crippen LogP contribution in [-0.2, 0) is 11.8 Å². The van der Waals surface area contributed by atoms with Crippen molar-refractivity contribution in [3.63, 3.8) is 0 Å². The molecule has 10 heteroatoms. The third kappa shape index (κ3) is 3.94. The average Bonchev–Trinajstić information content (AvgIpc) is 3.01. The van der Waals surface area contributed by atoms with E-state index in [1.165, 1.54) is 0 Å². The first-order valence-electron chi connectivity index (χ1n) is 9.16. The van der Waals surface area contributed by atoms with Crippen LogP contribution in [-0.4, -0.2) is 38.8 Å². The Balaban J connectivity index is 1.62. The molecular formula is C19H19Cl2N7O. The zero-order chi connectivity index (χ0) is 20.5. The van der Waals surface area contributed by atoms with E-state index in [4.69, 9.17) is 33.2 Å². The van der Waals surface area contributed by atoms with Gasteiger partial charge in [0.05, 0.1) is 40.2 Å². The molecule has 3 heterocycles. The molecule has 0 aliphatic carbocycles. The van der Waals surface area contributed by atoms with Crippen LogP contribution in [0.5, 0.6) is 0 Å². The monoisotopic (exact) mass is 431 g/mol. The van der Waals surface area contributed by atoms with Crippen molar-refractivity contribution in [2.45, 2.75) is 19.4 Å². The fourth-order valence-electron chi connectivity index (χ4n) is 3.29. The summed E-state index contributed by atoms with van der Waals surface area (Å²) in [6, 6.07) is 5.39. The molecule has 2 aromatic heterocycles. The third-order valence-corrected chi connectivity index (χ3v) is 5.57. The van der Waals surface area contributed by atoms with E-state index in [0.29, 0.717) is 50.3 Å². The Hall–Kier alpha value is -2.60. The topological polar surface area (TPSA) is 101 Å². The highest BCUT2D eigenvalue weighted by Gasteiger charge is 2.23. The van der Waals surface area contributed by atoms with Gasteiger partial charge in [0.2, 0.25) is 11.9 Å². The number of nitrogens with zero attached hydrogens (tertiary/aromatic N) is 5. The number of aryl methyl sites for hydroxylation is 1. The van der Waals surface area contributed by atoms with E-state index in [0.717, 1.165) is 19.6 Å². The summed E-state index contributed by atoms with van der Waals surface area (Å²) in [5.74, 6) is 1.45. The highest BCUT2D eigenvalue weighted by atomic mass is 35.5. The molecule has 1 aromatic carbocycles. The van der Waals surface area contributed by atoms with Crippen molar-refractivity contribution in [3.05, 3.63) is 33.9 Å². The second-order valence-corrected chi connectivity index (χ2v) is 7.85. The van der Waals surface area contributed by atoms with E-state index in [2.05, 4.69) is 32.5 Å². The Morgan fingerprint density at radius 2 is 2.03 bits per heavy atom. The molecule has 0 spiro atoms. The van der Waals surface area contributed by atoms with Crippen molar-refractivity contribution in [1.29, 1.82) is 5.26 Å². The molecule has 0 radical (unpaired) electrons. The molecule has 29 heavy (non-hydrogen) atoms. The van der Waals surface area contributed by atoms with Crippen LogP contribution in [0.1, 0.15) is 18.9 Å². The fourth-order valence-corrected chi connectivity index (χ4v) is 3.87. The van der Waals surface area contributed by atoms with Crippen molar-refractivity contribution < 1.29 is 4.74 Å². The summed E-state index contributed by atoms with van der Waals surface area (Å²) in [4.78, 5) is 13.6. The van der Waals surface area contributed by atoms with Gasteiger partial charge in [-0.1, -0.05) is 30.1 Å². The van der Waals surface area contributed by atoms with Gasteiger partial charge in [-0.2, -0.15) is 10.2 Å². The molecule has 1 aliphatic heterocycles. The number of anilines is 3. The van der Waals surface area contributed by atoms with Gasteiger partial charge in [-0.05, 0) is 24.5 Å². The summed E-state index contributed by atoms with van der Waals surface area (Å²) >= 11 is 12.6. The number of aromatic nitrogens is 4. The number of hydrogen-bond donors (Lipinski definition) is 2. The lowest BCUT2D eigenvalue weighted by atomic mass is 9.98. The first kappa shape index (κ1) is 19.7. The molecule has 8 nitrogen and oxygen atoms in total. The number of halogens is 2. The van der Waals surface area contributed by atoms with Crippen molar-refractivity contribution in [3.8, 4) is 6.07 Å². The predicted molar refractivity (Wildman–Crippen MR) is 113 cm³/mol. The maximum absolute atomic E-state index is 9.03. The van der Waals surface area contributed by atoms with E-state index in [9.17, 15) is 0 Å². The van der Waals surface area contributed by atoms with Gasteiger partial charge >= 0.3 is 0 Å². The van der Waals surface area contributed by atoms with Gasteiger partial charge in [0.15, 0.2) is 5.65 Å². The Labute approximate surface area is 177 Å². The number of benzene rings is 1. The first-order valence-corrected chi connectivity index (χ1v) is 9.91. The summed E-state index contributed by atoms with van der Waals surface area (Å²) < 4.78 is 7.30. The fraction of sp³-hybridized carbons (Fsp3) is 0.368. The van der Waals surface area contributed by atoms with E-state index in [1.807, 2.05) is 13.1 Å². The molecule has 0 unspecified atom stereocenters. The summed E-state index contributed by atoms with van der Waals surface area (Å²) in [6.07, 6.45) is 2.60. The van der Waals surface area contributed by atoms with Crippen LogP contribution >= 0.6 is 23.2 Å². The number of nitrogens with one attached hydrogen (secondary N) is 2. The largest absolute Gasteiger partial charge is 0.381 e. The average molecular weight is 432 g/mol. The minimum absolute atomic E-state index is 0.267. The van der Waals surface area contributed by atoms with Gasteiger partial charge in [-0.25, -0.2) is 9.97 Å². The maximum Gasteiger partial charge on any atom is 0.224 e. The molecule has 0 bridgehead atoms. The smallest absolute Gasteiger partial charge is 0.224 e. The highest BCUT2D eigenvalue weighted by Crippen LogP contribution is 2.34. The molecule has 150 valence electrons. The molecule has 0 saturated carbocycles. The van der Waals surface area contributed by atoms with E-state index < -0.39 is 0 Å². The van der Waals surface area contributed by atoms with Crippen LogP contribution in [0.25, 0.3) is 11.2 Å². The number of imidazole rings is 1. The van der Waals surface area contributed by atoms with E-state index >= 15 is 0 Å². The van der Waals surface area contributed by atoms with Gasteiger partial charge in [0.25, 0.3) is 0 Å². The van der Waals surface area contributed by atoms with Crippen LogP contribution in [0.4, 0.5) is 17.6 Å². The maximum atomic E-state index is 9.03. The number of nitriles is 1. The summed E-state index contributed by atoms with van der Waals surface area (Å²) in [5, 5.41) is 16.2. The lowest BCUT2D eigenvalue weighted by molar-refractivity contribution is 0.0536. The summed E-state index contributed by atoms with van der Waals surface area (Å²) in [6.45, 7) is 3.61. The SMILES string of the molecule is C[C@H]1COCC[C@@H]1Nc1ncc2nc(Nc3c(Cl)cc(C#N)cc3Cl)n(C)c2n1. The standard InChI is InChI=1S/C19H19Cl2N7O/c1-10-9-29-4-3-14(10)24-18-23-8-15-17(27-18)28(2)19(25-15)26-16-12(20)5-11(7-22)6-13(16)21/h5-6,8,10,14H,3-4,9H2,1-2H3,(H,25,26)(H,23,24,27)/t10-,14-/m0/s1. The Morgan fingerprint density at radius 1 is 1.28 bits per heavy atom. The molecular weight excluding hydrogens is 413 g/mol. The van der Waals surface area contributed by atoms with Crippen molar-refractivity contribution >= 4 is 51.9 Å².